The second-order valence-corrected chi connectivity index (χ2v) is 4.47. The molecule has 0 aromatic carbocycles. The van der Waals surface area contributed by atoms with Gasteiger partial charge >= 0.3 is 0 Å². The van der Waals surface area contributed by atoms with Crippen molar-refractivity contribution < 1.29 is 9.26 Å². The fraction of sp³-hybridized carbons (Fsp3) is 0.818. The lowest BCUT2D eigenvalue weighted by Crippen LogP contribution is -2.25. The van der Waals surface area contributed by atoms with Crippen LogP contribution in [0.2, 0.25) is 0 Å². The Kier molecular flexibility index (Phi) is 3.90. The Morgan fingerprint density at radius 1 is 1.50 bits per heavy atom. The number of rotatable bonds is 5. The van der Waals surface area contributed by atoms with E-state index < -0.39 is 0 Å². The molecule has 1 N–H and O–H groups in total. The van der Waals surface area contributed by atoms with E-state index in [1.54, 1.807) is 0 Å². The lowest BCUT2D eigenvalue weighted by Gasteiger charge is -2.04. The highest BCUT2D eigenvalue weighted by Crippen LogP contribution is 2.22. The molecule has 0 spiro atoms. The Balaban J connectivity index is 1.82. The summed E-state index contributed by atoms with van der Waals surface area (Å²) in [4.78, 5) is 4.39. The van der Waals surface area contributed by atoms with E-state index in [9.17, 15) is 0 Å². The van der Waals surface area contributed by atoms with Crippen LogP contribution in [-0.2, 0) is 11.2 Å². The van der Waals surface area contributed by atoms with Gasteiger partial charge in [0.15, 0.2) is 5.82 Å². The van der Waals surface area contributed by atoms with Crippen LogP contribution in [0, 0.1) is 0 Å². The van der Waals surface area contributed by atoms with E-state index in [1.165, 1.54) is 0 Å². The van der Waals surface area contributed by atoms with Gasteiger partial charge in [-0.15, -0.1) is 0 Å². The molecule has 2 heterocycles. The van der Waals surface area contributed by atoms with E-state index in [-0.39, 0.29) is 0 Å². The topological polar surface area (TPSA) is 60.2 Å². The molecule has 0 amide bonds. The zero-order valence-electron chi connectivity index (χ0n) is 9.90. The molecule has 1 atom stereocenters. The fourth-order valence-corrected chi connectivity index (χ4v) is 1.74. The van der Waals surface area contributed by atoms with Crippen LogP contribution in [0.5, 0.6) is 0 Å². The Morgan fingerprint density at radius 2 is 2.38 bits per heavy atom. The Bertz CT molecular complexity index is 319. The molecule has 1 saturated heterocycles. The van der Waals surface area contributed by atoms with Crippen LogP contribution in [0.1, 0.15) is 37.9 Å². The number of aromatic nitrogens is 2. The summed E-state index contributed by atoms with van der Waals surface area (Å²) in [6.45, 7) is 6.65. The average Bonchev–Trinajstić information content (AvgIpc) is 2.85. The molecule has 1 aliphatic heterocycles. The van der Waals surface area contributed by atoms with E-state index in [0.717, 1.165) is 44.3 Å². The van der Waals surface area contributed by atoms with Crippen molar-refractivity contribution in [3.63, 3.8) is 0 Å². The zero-order valence-corrected chi connectivity index (χ0v) is 9.90. The van der Waals surface area contributed by atoms with Crippen molar-refractivity contribution in [1.29, 1.82) is 0 Å². The molecule has 1 unspecified atom stereocenters. The molecule has 5 heteroatoms. The first-order valence-electron chi connectivity index (χ1n) is 5.89. The van der Waals surface area contributed by atoms with Gasteiger partial charge < -0.3 is 14.6 Å². The molecular formula is C11H19N3O2. The highest BCUT2D eigenvalue weighted by Gasteiger charge is 2.22. The molecule has 90 valence electrons. The lowest BCUT2D eigenvalue weighted by molar-refractivity contribution is 0.192. The molecule has 0 aliphatic carbocycles. The number of hydrogen-bond acceptors (Lipinski definition) is 5. The third-order valence-corrected chi connectivity index (χ3v) is 2.67. The van der Waals surface area contributed by atoms with Crippen molar-refractivity contribution in [3.05, 3.63) is 11.7 Å². The highest BCUT2D eigenvalue weighted by molar-refractivity contribution is 4.97. The van der Waals surface area contributed by atoms with Gasteiger partial charge in [0.25, 0.3) is 0 Å². The molecule has 16 heavy (non-hydrogen) atoms. The molecular weight excluding hydrogens is 206 g/mol. The fourth-order valence-electron chi connectivity index (χ4n) is 1.74. The second kappa shape index (κ2) is 5.41. The van der Waals surface area contributed by atoms with Gasteiger partial charge in [-0.1, -0.05) is 19.0 Å². The number of nitrogens with one attached hydrogen (secondary N) is 1. The molecule has 0 radical (unpaired) electrons. The monoisotopic (exact) mass is 225 g/mol. The third kappa shape index (κ3) is 3.02. The summed E-state index contributed by atoms with van der Waals surface area (Å²) in [7, 11) is 0. The predicted molar refractivity (Wildman–Crippen MR) is 59.3 cm³/mol. The summed E-state index contributed by atoms with van der Waals surface area (Å²) in [5.74, 6) is 1.85. The standard InChI is InChI=1S/C11H19N3O2/c1-8(2)12-5-3-10-13-11(14-16-10)9-4-6-15-7-9/h8-9,12H,3-7H2,1-2H3. The average molecular weight is 225 g/mol. The summed E-state index contributed by atoms with van der Waals surface area (Å²) in [5.41, 5.74) is 0. The highest BCUT2D eigenvalue weighted by atomic mass is 16.5. The quantitative estimate of drug-likeness (QED) is 0.813. The van der Waals surface area contributed by atoms with Crippen LogP contribution in [0.25, 0.3) is 0 Å². The van der Waals surface area contributed by atoms with Gasteiger partial charge in [-0.25, -0.2) is 0 Å². The van der Waals surface area contributed by atoms with Gasteiger partial charge in [-0.3, -0.25) is 0 Å². The first-order chi connectivity index (χ1) is 7.75. The van der Waals surface area contributed by atoms with E-state index in [1.807, 2.05) is 0 Å². The second-order valence-electron chi connectivity index (χ2n) is 4.47. The Hall–Kier alpha value is -0.940. The molecule has 2 rings (SSSR count). The van der Waals surface area contributed by atoms with Gasteiger partial charge in [-0.05, 0) is 6.42 Å². The summed E-state index contributed by atoms with van der Waals surface area (Å²) in [6.07, 6.45) is 1.79. The molecule has 1 aromatic heterocycles. The van der Waals surface area contributed by atoms with Crippen LogP contribution in [0.3, 0.4) is 0 Å². The minimum Gasteiger partial charge on any atom is -0.381 e. The maximum Gasteiger partial charge on any atom is 0.227 e. The normalized spacial score (nSPS) is 20.8. The van der Waals surface area contributed by atoms with Crippen LogP contribution >= 0.6 is 0 Å². The van der Waals surface area contributed by atoms with Gasteiger partial charge in [0, 0.05) is 31.5 Å². The Morgan fingerprint density at radius 3 is 3.06 bits per heavy atom. The van der Waals surface area contributed by atoms with Crippen molar-refractivity contribution in [1.82, 2.24) is 15.5 Å². The van der Waals surface area contributed by atoms with Crippen molar-refractivity contribution in [2.24, 2.45) is 0 Å². The van der Waals surface area contributed by atoms with Crippen molar-refractivity contribution >= 4 is 0 Å². The van der Waals surface area contributed by atoms with Crippen molar-refractivity contribution in [3.8, 4) is 0 Å². The van der Waals surface area contributed by atoms with Crippen LogP contribution in [-0.4, -0.2) is 35.9 Å². The number of ether oxygens (including phenoxy) is 1. The van der Waals surface area contributed by atoms with Crippen LogP contribution < -0.4 is 5.32 Å². The molecule has 5 nitrogen and oxygen atoms in total. The molecule has 1 fully saturated rings. The van der Waals surface area contributed by atoms with Gasteiger partial charge in [0.05, 0.1) is 6.61 Å². The third-order valence-electron chi connectivity index (χ3n) is 2.67. The van der Waals surface area contributed by atoms with Crippen molar-refractivity contribution in [2.45, 2.75) is 38.6 Å². The smallest absolute Gasteiger partial charge is 0.227 e. The summed E-state index contributed by atoms with van der Waals surface area (Å²) in [6, 6.07) is 0.491. The lowest BCUT2D eigenvalue weighted by atomic mass is 10.1. The number of hydrogen-bond donors (Lipinski definition) is 1. The van der Waals surface area contributed by atoms with E-state index >= 15 is 0 Å². The summed E-state index contributed by atoms with van der Waals surface area (Å²) >= 11 is 0. The Labute approximate surface area is 95.6 Å². The predicted octanol–water partition coefficient (Wildman–Crippen LogP) is 1.11. The SMILES string of the molecule is CC(C)NCCc1nc(C2CCOC2)no1. The van der Waals surface area contributed by atoms with Crippen LogP contribution in [0.15, 0.2) is 4.52 Å². The van der Waals surface area contributed by atoms with E-state index in [0.29, 0.717) is 12.0 Å². The maximum absolute atomic E-state index is 5.30. The first-order valence-corrected chi connectivity index (χ1v) is 5.89. The molecule has 1 aromatic rings. The summed E-state index contributed by atoms with van der Waals surface area (Å²) in [5, 5.41) is 7.32. The minimum absolute atomic E-state index is 0.329. The largest absolute Gasteiger partial charge is 0.381 e. The molecule has 0 saturated carbocycles. The van der Waals surface area contributed by atoms with Crippen LogP contribution in [0.4, 0.5) is 0 Å². The van der Waals surface area contributed by atoms with E-state index in [4.69, 9.17) is 9.26 Å². The summed E-state index contributed by atoms with van der Waals surface area (Å²) < 4.78 is 10.5. The first kappa shape index (κ1) is 11.5. The minimum atomic E-state index is 0.329. The van der Waals surface area contributed by atoms with E-state index in [2.05, 4.69) is 29.3 Å². The maximum atomic E-state index is 5.30. The molecule has 0 bridgehead atoms. The van der Waals surface area contributed by atoms with Gasteiger partial charge in [0.2, 0.25) is 5.89 Å². The van der Waals surface area contributed by atoms with Crippen molar-refractivity contribution in [2.75, 3.05) is 19.8 Å². The van der Waals surface area contributed by atoms with Gasteiger partial charge in [0.1, 0.15) is 0 Å². The molecule has 1 aliphatic rings. The van der Waals surface area contributed by atoms with Gasteiger partial charge in [-0.2, -0.15) is 4.98 Å². The zero-order chi connectivity index (χ0) is 11.4. The number of nitrogens with zero attached hydrogens (tertiary/aromatic N) is 2.